The molecule has 88 valence electrons. The molecule has 5 nitrogen and oxygen atoms in total. The van der Waals surface area contributed by atoms with Gasteiger partial charge in [0.2, 0.25) is 5.95 Å². The van der Waals surface area contributed by atoms with Crippen LogP contribution in [0.25, 0.3) is 11.0 Å². The standard InChI is InChI=1S/C12H14N4O/c17-11-9-5-4-6-13-10(9)14-12(15-11)16-7-2-1-3-8-16/h4-6H,1-3,7-8H2,(H,13,14,15,17). The van der Waals surface area contributed by atoms with E-state index < -0.39 is 0 Å². The minimum Gasteiger partial charge on any atom is -0.342 e. The molecule has 5 heteroatoms. The van der Waals surface area contributed by atoms with Gasteiger partial charge in [-0.2, -0.15) is 4.98 Å². The van der Waals surface area contributed by atoms with Gasteiger partial charge in [-0.1, -0.05) is 0 Å². The predicted molar refractivity (Wildman–Crippen MR) is 66.2 cm³/mol. The van der Waals surface area contributed by atoms with Crippen molar-refractivity contribution < 1.29 is 0 Å². The molecule has 1 aliphatic heterocycles. The van der Waals surface area contributed by atoms with Crippen LogP contribution in [0, 0.1) is 0 Å². The van der Waals surface area contributed by atoms with Gasteiger partial charge in [-0.25, -0.2) is 4.98 Å². The molecule has 17 heavy (non-hydrogen) atoms. The average Bonchev–Trinajstić information content (AvgIpc) is 2.40. The third-order valence-electron chi connectivity index (χ3n) is 3.12. The summed E-state index contributed by atoms with van der Waals surface area (Å²) in [5.41, 5.74) is 0.417. The Labute approximate surface area is 98.5 Å². The zero-order valence-electron chi connectivity index (χ0n) is 9.52. The number of aromatic nitrogens is 3. The van der Waals surface area contributed by atoms with Crippen molar-refractivity contribution in [1.29, 1.82) is 0 Å². The van der Waals surface area contributed by atoms with Crippen molar-refractivity contribution in [3.8, 4) is 0 Å². The van der Waals surface area contributed by atoms with Crippen LogP contribution >= 0.6 is 0 Å². The Morgan fingerprint density at radius 1 is 1.24 bits per heavy atom. The summed E-state index contributed by atoms with van der Waals surface area (Å²) in [6.07, 6.45) is 5.23. The summed E-state index contributed by atoms with van der Waals surface area (Å²) in [4.78, 5) is 25.4. The largest absolute Gasteiger partial charge is 0.342 e. The van der Waals surface area contributed by atoms with Crippen LogP contribution < -0.4 is 10.5 Å². The van der Waals surface area contributed by atoms with Gasteiger partial charge in [0.25, 0.3) is 5.56 Å². The molecule has 0 spiro atoms. The molecule has 1 saturated heterocycles. The first-order chi connectivity index (χ1) is 8.34. The van der Waals surface area contributed by atoms with Gasteiger partial charge in [-0.3, -0.25) is 9.78 Å². The number of nitrogens with zero attached hydrogens (tertiary/aromatic N) is 3. The first-order valence-corrected chi connectivity index (χ1v) is 5.94. The number of pyridine rings is 1. The van der Waals surface area contributed by atoms with E-state index in [1.54, 1.807) is 18.3 Å². The number of H-pyrrole nitrogens is 1. The molecular weight excluding hydrogens is 216 g/mol. The SMILES string of the molecule is O=c1[nH]c(N2CCCCC2)nc2ncccc12. The van der Waals surface area contributed by atoms with Crippen LogP contribution in [0.15, 0.2) is 23.1 Å². The second-order valence-electron chi connectivity index (χ2n) is 4.31. The highest BCUT2D eigenvalue weighted by Gasteiger charge is 2.14. The number of aromatic amines is 1. The van der Waals surface area contributed by atoms with Crippen LogP contribution in [0.5, 0.6) is 0 Å². The van der Waals surface area contributed by atoms with Gasteiger partial charge in [0, 0.05) is 19.3 Å². The Morgan fingerprint density at radius 3 is 2.88 bits per heavy atom. The van der Waals surface area contributed by atoms with Crippen LogP contribution in [-0.2, 0) is 0 Å². The lowest BCUT2D eigenvalue weighted by Gasteiger charge is -2.26. The Kier molecular flexibility index (Phi) is 2.51. The molecule has 0 amide bonds. The zero-order valence-corrected chi connectivity index (χ0v) is 9.52. The molecule has 3 rings (SSSR count). The molecular formula is C12H14N4O. The minimum absolute atomic E-state index is 0.108. The number of hydrogen-bond donors (Lipinski definition) is 1. The van der Waals surface area contributed by atoms with Crippen molar-refractivity contribution in [2.75, 3.05) is 18.0 Å². The van der Waals surface area contributed by atoms with Crippen molar-refractivity contribution in [2.45, 2.75) is 19.3 Å². The highest BCUT2D eigenvalue weighted by atomic mass is 16.1. The van der Waals surface area contributed by atoms with Gasteiger partial charge in [-0.05, 0) is 31.4 Å². The van der Waals surface area contributed by atoms with E-state index in [0.29, 0.717) is 17.0 Å². The average molecular weight is 230 g/mol. The quantitative estimate of drug-likeness (QED) is 0.802. The lowest BCUT2D eigenvalue weighted by molar-refractivity contribution is 0.568. The minimum atomic E-state index is -0.108. The molecule has 0 unspecified atom stereocenters. The summed E-state index contributed by atoms with van der Waals surface area (Å²) >= 11 is 0. The number of anilines is 1. The molecule has 3 heterocycles. The lowest BCUT2D eigenvalue weighted by Crippen LogP contribution is -2.32. The van der Waals surface area contributed by atoms with E-state index in [9.17, 15) is 4.79 Å². The normalized spacial score (nSPS) is 16.4. The van der Waals surface area contributed by atoms with E-state index >= 15 is 0 Å². The molecule has 1 aliphatic rings. The van der Waals surface area contributed by atoms with Gasteiger partial charge in [0.1, 0.15) is 0 Å². The van der Waals surface area contributed by atoms with Crippen LogP contribution in [0.4, 0.5) is 5.95 Å². The van der Waals surface area contributed by atoms with Gasteiger partial charge >= 0.3 is 0 Å². The highest BCUT2D eigenvalue weighted by Crippen LogP contribution is 2.15. The van der Waals surface area contributed by atoms with Crippen LogP contribution in [0.1, 0.15) is 19.3 Å². The van der Waals surface area contributed by atoms with E-state index in [4.69, 9.17) is 0 Å². The molecule has 1 fully saturated rings. The molecule has 2 aromatic heterocycles. The topological polar surface area (TPSA) is 61.9 Å². The third-order valence-corrected chi connectivity index (χ3v) is 3.12. The number of rotatable bonds is 1. The fraction of sp³-hybridized carbons (Fsp3) is 0.417. The summed E-state index contributed by atoms with van der Waals surface area (Å²) in [6, 6.07) is 3.49. The second kappa shape index (κ2) is 4.16. The molecule has 0 aliphatic carbocycles. The van der Waals surface area contributed by atoms with Crippen molar-refractivity contribution in [3.05, 3.63) is 28.7 Å². The van der Waals surface area contributed by atoms with E-state index in [1.165, 1.54) is 6.42 Å². The van der Waals surface area contributed by atoms with E-state index in [1.807, 2.05) is 0 Å². The van der Waals surface area contributed by atoms with Crippen LogP contribution in [0.2, 0.25) is 0 Å². The van der Waals surface area contributed by atoms with Crippen LogP contribution in [0.3, 0.4) is 0 Å². The Hall–Kier alpha value is -1.91. The molecule has 0 atom stereocenters. The van der Waals surface area contributed by atoms with E-state index in [-0.39, 0.29) is 5.56 Å². The Bertz CT molecular complexity index is 586. The second-order valence-corrected chi connectivity index (χ2v) is 4.31. The van der Waals surface area contributed by atoms with E-state index in [2.05, 4.69) is 19.9 Å². The van der Waals surface area contributed by atoms with Gasteiger partial charge in [0.15, 0.2) is 5.65 Å². The monoisotopic (exact) mass is 230 g/mol. The number of hydrogen-bond acceptors (Lipinski definition) is 4. The number of piperidine rings is 1. The molecule has 0 aromatic carbocycles. The Balaban J connectivity index is 2.08. The maximum Gasteiger partial charge on any atom is 0.261 e. The summed E-state index contributed by atoms with van der Waals surface area (Å²) in [6.45, 7) is 1.92. The third kappa shape index (κ3) is 1.88. The van der Waals surface area contributed by atoms with Crippen molar-refractivity contribution >= 4 is 17.0 Å². The van der Waals surface area contributed by atoms with Crippen molar-refractivity contribution in [1.82, 2.24) is 15.0 Å². The summed E-state index contributed by atoms with van der Waals surface area (Å²) in [7, 11) is 0. The van der Waals surface area contributed by atoms with Gasteiger partial charge in [0.05, 0.1) is 5.39 Å². The maximum atomic E-state index is 11.9. The van der Waals surface area contributed by atoms with Crippen LogP contribution in [-0.4, -0.2) is 28.0 Å². The first kappa shape index (κ1) is 10.3. The number of fused-ring (bicyclic) bond motifs is 1. The fourth-order valence-electron chi connectivity index (χ4n) is 2.22. The van der Waals surface area contributed by atoms with E-state index in [0.717, 1.165) is 25.9 Å². The molecule has 1 N–H and O–H groups in total. The summed E-state index contributed by atoms with van der Waals surface area (Å²) in [5.74, 6) is 0.654. The van der Waals surface area contributed by atoms with Crippen molar-refractivity contribution in [3.63, 3.8) is 0 Å². The Morgan fingerprint density at radius 2 is 2.06 bits per heavy atom. The summed E-state index contributed by atoms with van der Waals surface area (Å²) in [5, 5.41) is 0.549. The van der Waals surface area contributed by atoms with Gasteiger partial charge < -0.3 is 4.90 Å². The first-order valence-electron chi connectivity index (χ1n) is 5.94. The van der Waals surface area contributed by atoms with Crippen molar-refractivity contribution in [2.24, 2.45) is 0 Å². The molecule has 0 saturated carbocycles. The number of nitrogens with one attached hydrogen (secondary N) is 1. The smallest absolute Gasteiger partial charge is 0.261 e. The molecule has 2 aromatic rings. The zero-order chi connectivity index (χ0) is 11.7. The molecule has 0 radical (unpaired) electrons. The lowest BCUT2D eigenvalue weighted by atomic mass is 10.1. The fourth-order valence-corrected chi connectivity index (χ4v) is 2.22. The predicted octanol–water partition coefficient (Wildman–Crippen LogP) is 1.31. The highest BCUT2D eigenvalue weighted by molar-refractivity contribution is 5.74. The van der Waals surface area contributed by atoms with Gasteiger partial charge in [-0.15, -0.1) is 0 Å². The maximum absolute atomic E-state index is 11.9. The molecule has 0 bridgehead atoms. The summed E-state index contributed by atoms with van der Waals surface area (Å²) < 4.78 is 0.